The molecular formula is C5H8N2O2S. The molecule has 56 valence electrons. The quantitative estimate of drug-likeness (QED) is 0.693. The summed E-state index contributed by atoms with van der Waals surface area (Å²) in [5, 5.41) is 1.06. The number of nitrogens with two attached hydrogens (primary N) is 1. The van der Waals surface area contributed by atoms with E-state index in [0.717, 1.165) is 0 Å². The first-order valence-corrected chi connectivity index (χ1v) is 3.44. The van der Waals surface area contributed by atoms with Gasteiger partial charge in [0.1, 0.15) is 0 Å². The Kier molecular flexibility index (Phi) is 1.96. The van der Waals surface area contributed by atoms with E-state index in [0.29, 0.717) is 16.1 Å². The van der Waals surface area contributed by atoms with Crippen LogP contribution >= 0.6 is 11.3 Å². The third-order valence-corrected chi connectivity index (χ3v) is 1.79. The van der Waals surface area contributed by atoms with Crippen molar-refractivity contribution in [2.75, 3.05) is 20.0 Å². The SMILES string of the molecule is COc1nc(N)sc1OC. The maximum atomic E-state index is 5.38. The van der Waals surface area contributed by atoms with Gasteiger partial charge >= 0.3 is 0 Å². The summed E-state index contributed by atoms with van der Waals surface area (Å²) in [6.45, 7) is 0. The van der Waals surface area contributed by atoms with E-state index in [1.165, 1.54) is 18.4 Å². The summed E-state index contributed by atoms with van der Waals surface area (Å²) in [5.41, 5.74) is 5.38. The molecule has 0 aromatic carbocycles. The summed E-state index contributed by atoms with van der Waals surface area (Å²) in [6, 6.07) is 0. The Hall–Kier alpha value is -0.970. The zero-order chi connectivity index (χ0) is 7.56. The van der Waals surface area contributed by atoms with Crippen LogP contribution in [0, 0.1) is 0 Å². The van der Waals surface area contributed by atoms with Crippen molar-refractivity contribution < 1.29 is 9.47 Å². The normalized spacial score (nSPS) is 9.40. The molecule has 0 unspecified atom stereocenters. The van der Waals surface area contributed by atoms with Crippen LogP contribution in [0.5, 0.6) is 10.9 Å². The lowest BCUT2D eigenvalue weighted by molar-refractivity contribution is 0.353. The third-order valence-electron chi connectivity index (χ3n) is 0.962. The number of methoxy groups -OCH3 is 2. The van der Waals surface area contributed by atoms with Gasteiger partial charge in [0.05, 0.1) is 14.2 Å². The van der Waals surface area contributed by atoms with Gasteiger partial charge in [0.2, 0.25) is 5.06 Å². The fourth-order valence-electron chi connectivity index (χ4n) is 0.565. The van der Waals surface area contributed by atoms with E-state index in [1.807, 2.05) is 0 Å². The maximum absolute atomic E-state index is 5.38. The first-order chi connectivity index (χ1) is 4.77. The van der Waals surface area contributed by atoms with Crippen LogP contribution in [0.15, 0.2) is 0 Å². The lowest BCUT2D eigenvalue weighted by atomic mass is 10.8. The number of ether oxygens (including phenoxy) is 2. The smallest absolute Gasteiger partial charge is 0.270 e. The van der Waals surface area contributed by atoms with Crippen LogP contribution in [-0.4, -0.2) is 19.2 Å². The predicted octanol–water partition coefficient (Wildman–Crippen LogP) is 0.743. The maximum Gasteiger partial charge on any atom is 0.270 e. The first-order valence-electron chi connectivity index (χ1n) is 2.62. The average molecular weight is 160 g/mol. The molecule has 0 saturated carbocycles. The van der Waals surface area contributed by atoms with Gasteiger partial charge in [-0.25, -0.2) is 0 Å². The lowest BCUT2D eigenvalue weighted by Crippen LogP contribution is -1.87. The van der Waals surface area contributed by atoms with Crippen molar-refractivity contribution in [2.45, 2.75) is 0 Å². The topological polar surface area (TPSA) is 57.4 Å². The summed E-state index contributed by atoms with van der Waals surface area (Å²) in [6.07, 6.45) is 0. The molecule has 0 aliphatic heterocycles. The Labute approximate surface area is 62.6 Å². The fourth-order valence-corrected chi connectivity index (χ4v) is 1.18. The minimum atomic E-state index is 0.449. The summed E-state index contributed by atoms with van der Waals surface area (Å²) < 4.78 is 9.76. The van der Waals surface area contributed by atoms with Crippen molar-refractivity contribution in [3.05, 3.63) is 0 Å². The minimum Gasteiger partial charge on any atom is -0.483 e. The number of nitrogen functional groups attached to an aromatic ring is 1. The molecule has 0 aliphatic rings. The van der Waals surface area contributed by atoms with Gasteiger partial charge in [0, 0.05) is 0 Å². The molecule has 0 atom stereocenters. The molecule has 0 saturated heterocycles. The molecule has 1 rings (SSSR count). The van der Waals surface area contributed by atoms with Gasteiger partial charge in [0.15, 0.2) is 5.13 Å². The predicted molar refractivity (Wildman–Crippen MR) is 39.6 cm³/mol. The van der Waals surface area contributed by atoms with Crippen molar-refractivity contribution in [1.82, 2.24) is 4.98 Å². The highest BCUT2D eigenvalue weighted by Crippen LogP contribution is 2.34. The van der Waals surface area contributed by atoms with Crippen LogP contribution in [-0.2, 0) is 0 Å². The second-order valence-corrected chi connectivity index (χ2v) is 2.55. The number of hydrogen-bond donors (Lipinski definition) is 1. The Morgan fingerprint density at radius 1 is 1.40 bits per heavy atom. The zero-order valence-corrected chi connectivity index (χ0v) is 6.57. The van der Waals surface area contributed by atoms with Crippen molar-refractivity contribution in [2.24, 2.45) is 0 Å². The first kappa shape index (κ1) is 7.14. The molecule has 0 aliphatic carbocycles. The molecule has 2 N–H and O–H groups in total. The highest BCUT2D eigenvalue weighted by atomic mass is 32.1. The van der Waals surface area contributed by atoms with E-state index in [-0.39, 0.29) is 0 Å². The molecule has 1 aromatic heterocycles. The van der Waals surface area contributed by atoms with E-state index < -0.39 is 0 Å². The van der Waals surface area contributed by atoms with Crippen LogP contribution in [0.1, 0.15) is 0 Å². The number of rotatable bonds is 2. The molecule has 1 aromatic rings. The summed E-state index contributed by atoms with van der Waals surface area (Å²) in [4.78, 5) is 3.85. The fraction of sp³-hybridized carbons (Fsp3) is 0.400. The number of aromatic nitrogens is 1. The molecule has 0 spiro atoms. The zero-order valence-electron chi connectivity index (χ0n) is 5.75. The molecule has 0 amide bonds. The van der Waals surface area contributed by atoms with Crippen molar-refractivity contribution in [3.8, 4) is 10.9 Å². The van der Waals surface area contributed by atoms with Crippen LogP contribution in [0.2, 0.25) is 0 Å². The molecular weight excluding hydrogens is 152 g/mol. The Morgan fingerprint density at radius 2 is 2.10 bits per heavy atom. The minimum absolute atomic E-state index is 0.449. The highest BCUT2D eigenvalue weighted by molar-refractivity contribution is 7.17. The van der Waals surface area contributed by atoms with Gasteiger partial charge in [-0.2, -0.15) is 4.98 Å². The average Bonchev–Trinajstić information content (AvgIpc) is 2.30. The lowest BCUT2D eigenvalue weighted by Gasteiger charge is -1.95. The Morgan fingerprint density at radius 3 is 2.50 bits per heavy atom. The number of anilines is 1. The summed E-state index contributed by atoms with van der Waals surface area (Å²) in [5.74, 6) is 0.449. The van der Waals surface area contributed by atoms with Crippen LogP contribution < -0.4 is 15.2 Å². The van der Waals surface area contributed by atoms with Crippen molar-refractivity contribution >= 4 is 16.5 Å². The van der Waals surface area contributed by atoms with Crippen LogP contribution in [0.25, 0.3) is 0 Å². The second kappa shape index (κ2) is 2.74. The van der Waals surface area contributed by atoms with Crippen LogP contribution in [0.3, 0.4) is 0 Å². The van der Waals surface area contributed by atoms with Gasteiger partial charge in [-0.1, -0.05) is 11.3 Å². The largest absolute Gasteiger partial charge is 0.483 e. The standard InChI is InChI=1S/C5H8N2O2S/c1-8-3-4(9-2)10-5(6)7-3/h1-2H3,(H2,6,7). The molecule has 4 nitrogen and oxygen atoms in total. The van der Waals surface area contributed by atoms with Gasteiger partial charge in [-0.3, -0.25) is 0 Å². The van der Waals surface area contributed by atoms with E-state index in [1.54, 1.807) is 7.11 Å². The Bertz CT molecular complexity index is 202. The van der Waals surface area contributed by atoms with Crippen LogP contribution in [0.4, 0.5) is 5.13 Å². The molecule has 1 heterocycles. The third kappa shape index (κ3) is 1.13. The highest BCUT2D eigenvalue weighted by Gasteiger charge is 2.08. The van der Waals surface area contributed by atoms with Gasteiger partial charge in [-0.05, 0) is 0 Å². The summed E-state index contributed by atoms with van der Waals surface area (Å²) in [7, 11) is 3.08. The van der Waals surface area contributed by atoms with E-state index >= 15 is 0 Å². The van der Waals surface area contributed by atoms with E-state index in [4.69, 9.17) is 15.2 Å². The molecule has 0 bridgehead atoms. The van der Waals surface area contributed by atoms with Crippen molar-refractivity contribution in [1.29, 1.82) is 0 Å². The molecule has 10 heavy (non-hydrogen) atoms. The van der Waals surface area contributed by atoms with Crippen molar-refractivity contribution in [3.63, 3.8) is 0 Å². The van der Waals surface area contributed by atoms with Gasteiger partial charge < -0.3 is 15.2 Å². The van der Waals surface area contributed by atoms with Gasteiger partial charge in [-0.15, -0.1) is 0 Å². The second-order valence-electron chi connectivity index (χ2n) is 1.55. The monoisotopic (exact) mass is 160 g/mol. The number of hydrogen-bond acceptors (Lipinski definition) is 5. The molecule has 0 fully saturated rings. The number of nitrogens with zero attached hydrogens (tertiary/aromatic N) is 1. The molecule has 5 heteroatoms. The van der Waals surface area contributed by atoms with Gasteiger partial charge in [0.25, 0.3) is 5.88 Å². The number of thiazole rings is 1. The van der Waals surface area contributed by atoms with E-state index in [9.17, 15) is 0 Å². The summed E-state index contributed by atoms with van der Waals surface area (Å²) >= 11 is 1.26. The molecule has 0 radical (unpaired) electrons. The Balaban J connectivity index is 2.96. The van der Waals surface area contributed by atoms with E-state index in [2.05, 4.69) is 4.98 Å².